The number of aromatic nitrogens is 1. The number of aromatic carboxylic acids is 1. The monoisotopic (exact) mass is 276 g/mol. The highest BCUT2D eigenvalue weighted by atomic mass is 16.4. The SMILES string of the molecule is CCCc1cc(C(=O)O)cc(NC2CCCCC2C)n1. The lowest BCUT2D eigenvalue weighted by molar-refractivity contribution is 0.0696. The zero-order valence-corrected chi connectivity index (χ0v) is 12.4. The molecule has 1 aromatic rings. The number of carbonyl (C=O) groups is 1. The molecule has 2 unspecified atom stereocenters. The maximum absolute atomic E-state index is 11.2. The molecule has 1 aromatic heterocycles. The molecule has 1 fully saturated rings. The molecule has 2 rings (SSSR count). The highest BCUT2D eigenvalue weighted by Gasteiger charge is 2.21. The number of nitrogens with zero attached hydrogens (tertiary/aromatic N) is 1. The van der Waals surface area contributed by atoms with E-state index >= 15 is 0 Å². The van der Waals surface area contributed by atoms with E-state index in [9.17, 15) is 9.90 Å². The molecular formula is C16H24N2O2. The van der Waals surface area contributed by atoms with Crippen LogP contribution in [-0.2, 0) is 6.42 Å². The normalized spacial score (nSPS) is 22.5. The molecule has 2 N–H and O–H groups in total. The van der Waals surface area contributed by atoms with E-state index in [0.717, 1.165) is 25.0 Å². The van der Waals surface area contributed by atoms with Crippen molar-refractivity contribution in [2.45, 2.75) is 58.4 Å². The molecule has 0 radical (unpaired) electrons. The Labute approximate surface area is 120 Å². The van der Waals surface area contributed by atoms with Crippen LogP contribution in [0.2, 0.25) is 0 Å². The Morgan fingerprint density at radius 3 is 2.80 bits per heavy atom. The van der Waals surface area contributed by atoms with Crippen LogP contribution in [0.1, 0.15) is 62.0 Å². The van der Waals surface area contributed by atoms with E-state index in [2.05, 4.69) is 24.1 Å². The number of hydrogen-bond acceptors (Lipinski definition) is 3. The van der Waals surface area contributed by atoms with Crippen LogP contribution in [-0.4, -0.2) is 22.1 Å². The zero-order valence-electron chi connectivity index (χ0n) is 12.4. The van der Waals surface area contributed by atoms with E-state index in [-0.39, 0.29) is 0 Å². The van der Waals surface area contributed by atoms with Crippen LogP contribution in [0, 0.1) is 5.92 Å². The van der Waals surface area contributed by atoms with Gasteiger partial charge in [0.05, 0.1) is 5.56 Å². The zero-order chi connectivity index (χ0) is 14.5. The van der Waals surface area contributed by atoms with Crippen LogP contribution < -0.4 is 5.32 Å². The average Bonchev–Trinajstić information content (AvgIpc) is 2.41. The summed E-state index contributed by atoms with van der Waals surface area (Å²) in [6.07, 6.45) is 6.69. The van der Waals surface area contributed by atoms with E-state index in [1.165, 1.54) is 19.3 Å². The molecule has 1 aliphatic carbocycles. The van der Waals surface area contributed by atoms with Crippen LogP contribution in [0.3, 0.4) is 0 Å². The van der Waals surface area contributed by atoms with E-state index in [1.54, 1.807) is 12.1 Å². The number of rotatable bonds is 5. The molecule has 0 aliphatic heterocycles. The van der Waals surface area contributed by atoms with Crippen molar-refractivity contribution in [1.82, 2.24) is 4.98 Å². The van der Waals surface area contributed by atoms with Gasteiger partial charge in [0.2, 0.25) is 0 Å². The Kier molecular flexibility index (Phi) is 4.99. The Hall–Kier alpha value is -1.58. The van der Waals surface area contributed by atoms with Gasteiger partial charge < -0.3 is 10.4 Å². The van der Waals surface area contributed by atoms with Crippen molar-refractivity contribution < 1.29 is 9.90 Å². The standard InChI is InChI=1S/C16H24N2O2/c1-3-6-13-9-12(16(19)20)10-15(17-13)18-14-8-5-4-7-11(14)2/h9-11,14H,3-8H2,1-2H3,(H,17,18)(H,19,20). The van der Waals surface area contributed by atoms with Gasteiger partial charge in [0.1, 0.15) is 5.82 Å². The second kappa shape index (κ2) is 6.73. The van der Waals surface area contributed by atoms with E-state index in [1.807, 2.05) is 0 Å². The smallest absolute Gasteiger partial charge is 0.335 e. The molecule has 2 atom stereocenters. The number of carboxylic acids is 1. The van der Waals surface area contributed by atoms with Crippen LogP contribution in [0.15, 0.2) is 12.1 Å². The van der Waals surface area contributed by atoms with Crippen LogP contribution in [0.25, 0.3) is 0 Å². The summed E-state index contributed by atoms with van der Waals surface area (Å²) in [5, 5.41) is 12.7. The van der Waals surface area contributed by atoms with Crippen molar-refractivity contribution in [3.63, 3.8) is 0 Å². The molecule has 110 valence electrons. The highest BCUT2D eigenvalue weighted by molar-refractivity contribution is 5.88. The van der Waals surface area contributed by atoms with Gasteiger partial charge in [-0.1, -0.05) is 33.1 Å². The second-order valence-electron chi connectivity index (χ2n) is 5.80. The first-order valence-electron chi connectivity index (χ1n) is 7.61. The van der Waals surface area contributed by atoms with Gasteiger partial charge in [0.15, 0.2) is 0 Å². The number of aryl methyl sites for hydroxylation is 1. The van der Waals surface area contributed by atoms with Gasteiger partial charge in [-0.05, 0) is 37.3 Å². The Morgan fingerprint density at radius 2 is 2.15 bits per heavy atom. The first-order valence-corrected chi connectivity index (χ1v) is 7.61. The predicted octanol–water partition coefficient (Wildman–Crippen LogP) is 3.72. The third kappa shape index (κ3) is 3.71. The summed E-state index contributed by atoms with van der Waals surface area (Å²) in [4.78, 5) is 15.8. The fourth-order valence-corrected chi connectivity index (χ4v) is 2.89. The molecule has 0 aromatic carbocycles. The fraction of sp³-hybridized carbons (Fsp3) is 0.625. The first kappa shape index (κ1) is 14.8. The van der Waals surface area contributed by atoms with Gasteiger partial charge >= 0.3 is 5.97 Å². The molecule has 20 heavy (non-hydrogen) atoms. The van der Waals surface area contributed by atoms with Gasteiger partial charge in [-0.2, -0.15) is 0 Å². The van der Waals surface area contributed by atoms with Gasteiger partial charge in [-0.25, -0.2) is 9.78 Å². The van der Waals surface area contributed by atoms with Crippen molar-refractivity contribution in [2.24, 2.45) is 5.92 Å². The van der Waals surface area contributed by atoms with Crippen LogP contribution in [0.5, 0.6) is 0 Å². The van der Waals surface area contributed by atoms with Crippen LogP contribution >= 0.6 is 0 Å². The highest BCUT2D eigenvalue weighted by Crippen LogP contribution is 2.26. The molecule has 1 aliphatic rings. The summed E-state index contributed by atoms with van der Waals surface area (Å²) in [7, 11) is 0. The molecule has 1 saturated carbocycles. The summed E-state index contributed by atoms with van der Waals surface area (Å²) >= 11 is 0. The van der Waals surface area contributed by atoms with Crippen molar-refractivity contribution in [3.05, 3.63) is 23.4 Å². The summed E-state index contributed by atoms with van der Waals surface area (Å²) in [5.41, 5.74) is 1.19. The Balaban J connectivity index is 2.18. The van der Waals surface area contributed by atoms with E-state index < -0.39 is 5.97 Å². The minimum Gasteiger partial charge on any atom is -0.478 e. The van der Waals surface area contributed by atoms with Crippen molar-refractivity contribution >= 4 is 11.8 Å². The fourth-order valence-electron chi connectivity index (χ4n) is 2.89. The minimum absolute atomic E-state index is 0.328. The number of nitrogens with one attached hydrogen (secondary N) is 1. The molecule has 0 saturated heterocycles. The Morgan fingerprint density at radius 1 is 1.40 bits per heavy atom. The predicted molar refractivity (Wildman–Crippen MR) is 80.2 cm³/mol. The topological polar surface area (TPSA) is 62.2 Å². The maximum atomic E-state index is 11.2. The molecular weight excluding hydrogens is 252 g/mol. The number of anilines is 1. The van der Waals surface area contributed by atoms with E-state index in [0.29, 0.717) is 23.3 Å². The molecule has 0 spiro atoms. The maximum Gasteiger partial charge on any atom is 0.335 e. The minimum atomic E-state index is -0.885. The average molecular weight is 276 g/mol. The first-order chi connectivity index (χ1) is 9.60. The quantitative estimate of drug-likeness (QED) is 0.860. The van der Waals surface area contributed by atoms with Gasteiger partial charge in [0, 0.05) is 11.7 Å². The van der Waals surface area contributed by atoms with Crippen LogP contribution in [0.4, 0.5) is 5.82 Å². The lowest BCUT2D eigenvalue weighted by atomic mass is 9.86. The molecule has 0 amide bonds. The molecule has 1 heterocycles. The molecule has 4 nitrogen and oxygen atoms in total. The number of pyridine rings is 1. The van der Waals surface area contributed by atoms with Gasteiger partial charge in [-0.3, -0.25) is 0 Å². The van der Waals surface area contributed by atoms with Gasteiger partial charge in [-0.15, -0.1) is 0 Å². The van der Waals surface area contributed by atoms with Crippen molar-refractivity contribution in [3.8, 4) is 0 Å². The lowest BCUT2D eigenvalue weighted by Crippen LogP contribution is -2.30. The third-order valence-corrected chi connectivity index (χ3v) is 4.08. The lowest BCUT2D eigenvalue weighted by Gasteiger charge is -2.30. The summed E-state index contributed by atoms with van der Waals surface area (Å²) in [6, 6.07) is 3.75. The Bertz CT molecular complexity index is 474. The second-order valence-corrected chi connectivity index (χ2v) is 5.80. The van der Waals surface area contributed by atoms with Crippen molar-refractivity contribution in [2.75, 3.05) is 5.32 Å². The van der Waals surface area contributed by atoms with Crippen molar-refractivity contribution in [1.29, 1.82) is 0 Å². The summed E-state index contributed by atoms with van der Waals surface area (Å²) < 4.78 is 0. The molecule has 4 heteroatoms. The van der Waals surface area contributed by atoms with E-state index in [4.69, 9.17) is 0 Å². The number of carboxylic acid groups (broad SMARTS) is 1. The summed E-state index contributed by atoms with van der Waals surface area (Å²) in [5.74, 6) is 0.449. The largest absolute Gasteiger partial charge is 0.478 e. The summed E-state index contributed by atoms with van der Waals surface area (Å²) in [6.45, 7) is 4.33. The molecule has 0 bridgehead atoms. The van der Waals surface area contributed by atoms with Gasteiger partial charge in [0.25, 0.3) is 0 Å². The third-order valence-electron chi connectivity index (χ3n) is 4.08. The number of hydrogen-bond donors (Lipinski definition) is 2.